The highest BCUT2D eigenvalue weighted by molar-refractivity contribution is 8.13. The van der Waals surface area contributed by atoms with Gasteiger partial charge in [-0.15, -0.1) is 0 Å². The molecule has 2 aliphatic heterocycles. The first-order valence-corrected chi connectivity index (χ1v) is 7.91. The van der Waals surface area contributed by atoms with E-state index in [9.17, 15) is 0 Å². The molecule has 0 spiro atoms. The molecule has 2 rings (SSSR count). The highest BCUT2D eigenvalue weighted by Crippen LogP contribution is 2.24. The van der Waals surface area contributed by atoms with E-state index in [2.05, 4.69) is 30.9 Å². The number of hydrogen-bond donors (Lipinski definition) is 1. The summed E-state index contributed by atoms with van der Waals surface area (Å²) >= 11 is 3.96. The van der Waals surface area contributed by atoms with Crippen molar-refractivity contribution < 1.29 is 0 Å². The predicted octanol–water partition coefficient (Wildman–Crippen LogP) is 2.46. The Hall–Kier alpha value is 0.170. The zero-order valence-electron chi connectivity index (χ0n) is 9.53. The number of hydrogen-bond acceptors (Lipinski definition) is 3. The third-order valence-corrected chi connectivity index (χ3v) is 5.65. The molecule has 0 aromatic heterocycles. The summed E-state index contributed by atoms with van der Waals surface area (Å²) in [6.07, 6.45) is 1.36. The summed E-state index contributed by atoms with van der Waals surface area (Å²) in [5, 5.41) is 4.67. The minimum atomic E-state index is 0.586. The molecule has 0 aromatic rings. The number of amidine groups is 1. The number of aliphatic imine (C=N–C) groups is 1. The SMILES string of the molecule is CC1CSC(=NCC2CCSC2)NC1C. The van der Waals surface area contributed by atoms with Gasteiger partial charge in [-0.1, -0.05) is 18.7 Å². The molecule has 3 unspecified atom stereocenters. The third kappa shape index (κ3) is 3.31. The Morgan fingerprint density at radius 2 is 2.27 bits per heavy atom. The van der Waals surface area contributed by atoms with Crippen LogP contribution in [0.4, 0.5) is 0 Å². The fourth-order valence-corrected chi connectivity index (χ4v) is 4.18. The molecule has 0 radical (unpaired) electrons. The van der Waals surface area contributed by atoms with Gasteiger partial charge in [0.2, 0.25) is 0 Å². The molecule has 4 heteroatoms. The lowest BCUT2D eigenvalue weighted by atomic mass is 10.1. The second-order valence-corrected chi connectivity index (χ2v) is 6.76. The molecular formula is C11H20N2S2. The summed E-state index contributed by atoms with van der Waals surface area (Å²) in [5.74, 6) is 5.46. The van der Waals surface area contributed by atoms with Gasteiger partial charge in [0.25, 0.3) is 0 Å². The normalized spacial score (nSPS) is 39.3. The van der Waals surface area contributed by atoms with Gasteiger partial charge in [-0.25, -0.2) is 0 Å². The topological polar surface area (TPSA) is 24.4 Å². The van der Waals surface area contributed by atoms with Crippen molar-refractivity contribution in [2.75, 3.05) is 23.8 Å². The van der Waals surface area contributed by atoms with Gasteiger partial charge in [0.15, 0.2) is 5.17 Å². The molecule has 0 bridgehead atoms. The van der Waals surface area contributed by atoms with E-state index in [4.69, 9.17) is 4.99 Å². The summed E-state index contributed by atoms with van der Waals surface area (Å²) in [6.45, 7) is 5.59. The lowest BCUT2D eigenvalue weighted by molar-refractivity contribution is 0.488. The zero-order valence-corrected chi connectivity index (χ0v) is 11.2. The van der Waals surface area contributed by atoms with Crippen LogP contribution >= 0.6 is 23.5 Å². The fourth-order valence-electron chi connectivity index (χ4n) is 1.76. The quantitative estimate of drug-likeness (QED) is 0.807. The first-order chi connectivity index (χ1) is 7.25. The van der Waals surface area contributed by atoms with Crippen LogP contribution in [0.1, 0.15) is 20.3 Å². The van der Waals surface area contributed by atoms with Gasteiger partial charge < -0.3 is 5.32 Å². The van der Waals surface area contributed by atoms with E-state index >= 15 is 0 Å². The van der Waals surface area contributed by atoms with Crippen molar-refractivity contribution in [3.63, 3.8) is 0 Å². The van der Waals surface area contributed by atoms with Gasteiger partial charge >= 0.3 is 0 Å². The number of thioether (sulfide) groups is 2. The Labute approximate surface area is 101 Å². The molecule has 0 saturated carbocycles. The van der Waals surface area contributed by atoms with E-state index in [0.717, 1.165) is 18.4 Å². The second kappa shape index (κ2) is 5.48. The number of nitrogens with zero attached hydrogens (tertiary/aromatic N) is 1. The van der Waals surface area contributed by atoms with Crippen molar-refractivity contribution in [2.45, 2.75) is 26.3 Å². The van der Waals surface area contributed by atoms with Crippen LogP contribution < -0.4 is 5.32 Å². The molecule has 2 aliphatic rings. The summed E-state index contributed by atoms with van der Waals surface area (Å²) in [5.41, 5.74) is 0. The van der Waals surface area contributed by atoms with Crippen LogP contribution in [0.25, 0.3) is 0 Å². The van der Waals surface area contributed by atoms with E-state index in [-0.39, 0.29) is 0 Å². The summed E-state index contributed by atoms with van der Waals surface area (Å²) < 4.78 is 0. The standard InChI is InChI=1S/C11H20N2S2/c1-8-6-15-11(13-9(8)2)12-5-10-3-4-14-7-10/h8-10H,3-7H2,1-2H3,(H,12,13). The number of rotatable bonds is 2. The Kier molecular flexibility index (Phi) is 4.26. The van der Waals surface area contributed by atoms with E-state index in [0.29, 0.717) is 6.04 Å². The third-order valence-electron chi connectivity index (χ3n) is 3.20. The predicted molar refractivity (Wildman–Crippen MR) is 72.0 cm³/mol. The number of nitrogens with one attached hydrogen (secondary N) is 1. The highest BCUT2D eigenvalue weighted by Gasteiger charge is 2.21. The van der Waals surface area contributed by atoms with Crippen molar-refractivity contribution in [2.24, 2.45) is 16.8 Å². The molecule has 2 heterocycles. The molecule has 1 N–H and O–H groups in total. The molecular weight excluding hydrogens is 224 g/mol. The fraction of sp³-hybridized carbons (Fsp3) is 0.909. The molecule has 86 valence electrons. The van der Waals surface area contributed by atoms with E-state index in [1.807, 2.05) is 11.8 Å². The summed E-state index contributed by atoms with van der Waals surface area (Å²) in [7, 11) is 0. The first-order valence-electron chi connectivity index (χ1n) is 5.77. The van der Waals surface area contributed by atoms with Crippen molar-refractivity contribution in [3.05, 3.63) is 0 Å². The second-order valence-electron chi connectivity index (χ2n) is 4.60. The van der Waals surface area contributed by atoms with Crippen LogP contribution in [0.2, 0.25) is 0 Å². The van der Waals surface area contributed by atoms with Gasteiger partial charge in [-0.2, -0.15) is 11.8 Å². The summed E-state index contributed by atoms with van der Waals surface area (Å²) in [4.78, 5) is 4.71. The molecule has 0 aromatic carbocycles. The largest absolute Gasteiger partial charge is 0.362 e. The Bertz CT molecular complexity index is 237. The maximum absolute atomic E-state index is 4.71. The minimum absolute atomic E-state index is 0.586. The molecule has 0 amide bonds. The Morgan fingerprint density at radius 3 is 2.93 bits per heavy atom. The molecule has 2 saturated heterocycles. The van der Waals surface area contributed by atoms with Gasteiger partial charge in [-0.3, -0.25) is 4.99 Å². The van der Waals surface area contributed by atoms with E-state index in [1.54, 1.807) is 0 Å². The van der Waals surface area contributed by atoms with Gasteiger partial charge in [0, 0.05) is 18.3 Å². The zero-order chi connectivity index (χ0) is 10.7. The maximum atomic E-state index is 4.71. The molecule has 3 atom stereocenters. The van der Waals surface area contributed by atoms with Gasteiger partial charge in [-0.05, 0) is 36.7 Å². The van der Waals surface area contributed by atoms with Crippen LogP contribution in [-0.2, 0) is 0 Å². The smallest absolute Gasteiger partial charge is 0.156 e. The van der Waals surface area contributed by atoms with Crippen LogP contribution in [0.15, 0.2) is 4.99 Å². The van der Waals surface area contributed by atoms with E-state index in [1.165, 1.54) is 28.8 Å². The van der Waals surface area contributed by atoms with Crippen molar-refractivity contribution >= 4 is 28.7 Å². The van der Waals surface area contributed by atoms with Gasteiger partial charge in [0.1, 0.15) is 0 Å². The Morgan fingerprint density at radius 1 is 1.40 bits per heavy atom. The lowest BCUT2D eigenvalue weighted by Crippen LogP contribution is -2.41. The van der Waals surface area contributed by atoms with Gasteiger partial charge in [0.05, 0.1) is 0 Å². The average molecular weight is 244 g/mol. The van der Waals surface area contributed by atoms with Crippen LogP contribution in [0, 0.1) is 11.8 Å². The van der Waals surface area contributed by atoms with Crippen molar-refractivity contribution in [1.82, 2.24) is 5.32 Å². The average Bonchev–Trinajstić information content (AvgIpc) is 2.73. The lowest BCUT2D eigenvalue weighted by Gasteiger charge is -2.28. The molecule has 2 nitrogen and oxygen atoms in total. The summed E-state index contributed by atoms with van der Waals surface area (Å²) in [6, 6.07) is 0.586. The van der Waals surface area contributed by atoms with Crippen LogP contribution in [0.3, 0.4) is 0 Å². The first kappa shape index (κ1) is 11.6. The van der Waals surface area contributed by atoms with Crippen molar-refractivity contribution in [1.29, 1.82) is 0 Å². The molecule has 0 aliphatic carbocycles. The highest BCUT2D eigenvalue weighted by atomic mass is 32.2. The van der Waals surface area contributed by atoms with Crippen molar-refractivity contribution in [3.8, 4) is 0 Å². The van der Waals surface area contributed by atoms with Crippen LogP contribution in [0.5, 0.6) is 0 Å². The molecule has 15 heavy (non-hydrogen) atoms. The minimum Gasteiger partial charge on any atom is -0.362 e. The van der Waals surface area contributed by atoms with Crippen LogP contribution in [-0.4, -0.2) is 35.0 Å². The van der Waals surface area contributed by atoms with E-state index < -0.39 is 0 Å². The maximum Gasteiger partial charge on any atom is 0.156 e. The molecule has 2 fully saturated rings. The Balaban J connectivity index is 1.80. The monoisotopic (exact) mass is 244 g/mol.